The Hall–Kier alpha value is 0.170. The zero-order chi connectivity index (χ0) is 3.41. The molecule has 0 aliphatic rings. The molecule has 0 fully saturated rings. The molecule has 4 heavy (non-hydrogen) atoms. The van der Waals surface area contributed by atoms with Crippen molar-refractivity contribution in [1.82, 2.24) is 0 Å². The molecule has 0 aliphatic carbocycles. The van der Waals surface area contributed by atoms with E-state index in [0.717, 1.165) is 0 Å². The zero-order valence-corrected chi connectivity index (χ0v) is 3.65. The van der Waals surface area contributed by atoms with Gasteiger partial charge in [0, 0.05) is 0 Å². The lowest BCUT2D eigenvalue weighted by molar-refractivity contribution is 1.79. The first-order chi connectivity index (χ1) is 1.91. The van der Waals surface area contributed by atoms with Crippen molar-refractivity contribution in [3.63, 3.8) is 0 Å². The average molecular weight is 73.1 g/mol. The maximum atomic E-state index is 3.11. The van der Waals surface area contributed by atoms with Crippen molar-refractivity contribution in [2.45, 2.75) is 6.92 Å². The average Bonchev–Trinajstić information content (AvgIpc) is 1.37. The lowest BCUT2D eigenvalue weighted by Crippen LogP contribution is -1.18. The van der Waals surface area contributed by atoms with Gasteiger partial charge >= 0.3 is 0 Å². The Balaban J connectivity index is 2.55. The van der Waals surface area contributed by atoms with Crippen LogP contribution in [0.2, 0.25) is 0 Å². The van der Waals surface area contributed by atoms with Gasteiger partial charge in [0.25, 0.3) is 0 Å². The summed E-state index contributed by atoms with van der Waals surface area (Å²) in [5, 5.41) is 0. The Bertz CT molecular complexity index is 18.5. The molecule has 0 N–H and O–H groups in total. The molecule has 0 nitrogen and oxygen atoms in total. The third kappa shape index (κ3) is 2.17. The van der Waals surface area contributed by atoms with Crippen molar-refractivity contribution in [1.29, 1.82) is 0 Å². The second-order valence-corrected chi connectivity index (χ2v) is 0.833. The minimum atomic E-state index is 1.81. The topological polar surface area (TPSA) is 0 Å². The second-order valence-electron chi connectivity index (χ2n) is 0.500. The lowest BCUT2D eigenvalue weighted by atomic mass is 10.8. The minimum Gasteiger partial charge on any atom is -0.0871 e. The van der Waals surface area contributed by atoms with Crippen LogP contribution in [0.15, 0.2) is 11.9 Å². The van der Waals surface area contributed by atoms with E-state index in [1.165, 1.54) is 0 Å². The quantitative estimate of drug-likeness (QED) is 0.382. The summed E-state index contributed by atoms with van der Waals surface area (Å²) in [7, 11) is 3.11. The van der Waals surface area contributed by atoms with E-state index >= 15 is 0 Å². The molecular formula is C3H6P. The fourth-order valence-electron chi connectivity index (χ4n) is 0. The first-order valence-corrected chi connectivity index (χ1v) is 1.78. The van der Waals surface area contributed by atoms with Gasteiger partial charge in [0.1, 0.15) is 0 Å². The fourth-order valence-corrected chi connectivity index (χ4v) is 0. The molecule has 23 valence electrons. The van der Waals surface area contributed by atoms with E-state index in [9.17, 15) is 0 Å². The molecule has 0 saturated heterocycles. The number of hydrogen-bond donors (Lipinski definition) is 0. The van der Waals surface area contributed by atoms with Crippen molar-refractivity contribution in [2.75, 3.05) is 0 Å². The largest absolute Gasteiger partial charge is 0.0871 e. The van der Waals surface area contributed by atoms with Gasteiger partial charge < -0.3 is 0 Å². The van der Waals surface area contributed by atoms with Gasteiger partial charge in [-0.2, -0.15) is 0 Å². The molecule has 0 aromatic carbocycles. The van der Waals surface area contributed by atoms with Crippen LogP contribution >= 0.6 is 9.24 Å². The smallest absolute Gasteiger partial charge is 0.0466 e. The molecule has 0 aromatic rings. The highest BCUT2D eigenvalue weighted by Crippen LogP contribution is 1.77. The number of rotatable bonds is 0. The van der Waals surface area contributed by atoms with Crippen LogP contribution in [0.1, 0.15) is 6.92 Å². The van der Waals surface area contributed by atoms with Gasteiger partial charge in [0.2, 0.25) is 0 Å². The first-order valence-electron chi connectivity index (χ1n) is 1.20. The first kappa shape index (κ1) is 4.17. The van der Waals surface area contributed by atoms with E-state index in [-0.39, 0.29) is 0 Å². The molecule has 0 unspecified atom stereocenters. The van der Waals surface area contributed by atoms with Crippen LogP contribution in [0.3, 0.4) is 0 Å². The number of hydrogen-bond acceptors (Lipinski definition) is 0. The van der Waals surface area contributed by atoms with Gasteiger partial charge in [0.15, 0.2) is 0 Å². The van der Waals surface area contributed by atoms with Gasteiger partial charge in [-0.05, 0) is 6.92 Å². The highest BCUT2D eigenvalue weighted by molar-refractivity contribution is 7.20. The predicted octanol–water partition coefficient (Wildman–Crippen LogP) is 1.66. The Labute approximate surface area is 29.1 Å². The van der Waals surface area contributed by atoms with Crippen molar-refractivity contribution in [3.05, 3.63) is 11.9 Å². The highest BCUT2D eigenvalue weighted by Gasteiger charge is 1.35. The van der Waals surface area contributed by atoms with Crippen LogP contribution in [0.25, 0.3) is 0 Å². The molecule has 0 saturated carbocycles. The van der Waals surface area contributed by atoms with Crippen LogP contribution < -0.4 is 0 Å². The maximum absolute atomic E-state index is 3.11. The molecule has 0 bridgehead atoms. The zero-order valence-electron chi connectivity index (χ0n) is 2.65. The second kappa shape index (κ2) is 3.17. The van der Waals surface area contributed by atoms with E-state index in [4.69, 9.17) is 0 Å². The van der Waals surface area contributed by atoms with E-state index in [2.05, 4.69) is 9.24 Å². The molecule has 1 heteroatoms. The third-order valence-corrected chi connectivity index (χ3v) is 0.500. The molecule has 1 radical (unpaired) electrons. The monoisotopic (exact) mass is 73.0 g/mol. The van der Waals surface area contributed by atoms with Crippen LogP contribution in [-0.4, -0.2) is 0 Å². The molecule has 0 aliphatic heterocycles. The van der Waals surface area contributed by atoms with E-state index in [1.54, 1.807) is 5.82 Å². The van der Waals surface area contributed by atoms with Gasteiger partial charge in [-0.3, -0.25) is 0 Å². The summed E-state index contributed by atoms with van der Waals surface area (Å²) in [4.78, 5) is 0. The van der Waals surface area contributed by atoms with Crippen molar-refractivity contribution in [2.24, 2.45) is 0 Å². The number of allylic oxidation sites excluding steroid dienone is 1. The molecule has 0 rings (SSSR count). The summed E-state index contributed by atoms with van der Waals surface area (Å²) in [6.45, 7) is 1.95. The maximum Gasteiger partial charge on any atom is -0.0466 e. The fraction of sp³-hybridized carbons (Fsp3) is 0.333. The van der Waals surface area contributed by atoms with Gasteiger partial charge in [-0.15, -0.1) is 0 Å². The summed E-state index contributed by atoms with van der Waals surface area (Å²) >= 11 is 0. The van der Waals surface area contributed by atoms with Crippen LogP contribution in [0.4, 0.5) is 0 Å². The summed E-state index contributed by atoms with van der Waals surface area (Å²) in [6.07, 6.45) is 1.91. The van der Waals surface area contributed by atoms with E-state index in [1.807, 2.05) is 13.0 Å². The highest BCUT2D eigenvalue weighted by atomic mass is 31.0. The van der Waals surface area contributed by atoms with Crippen LogP contribution in [0.5, 0.6) is 0 Å². The molecule has 0 aromatic heterocycles. The van der Waals surface area contributed by atoms with Crippen molar-refractivity contribution >= 4 is 9.24 Å². The standard InChI is InChI=1S/C3H6P/c1-2-3-4/h2-4H,1H3/b3-2-. The third-order valence-electron chi connectivity index (χ3n) is 0.167. The summed E-state index contributed by atoms with van der Waals surface area (Å²) < 4.78 is 0. The minimum absolute atomic E-state index is 1.81. The molecule has 0 heterocycles. The summed E-state index contributed by atoms with van der Waals surface area (Å²) in [5.41, 5.74) is 0. The summed E-state index contributed by atoms with van der Waals surface area (Å²) in [5.74, 6) is 1.81. The lowest BCUT2D eigenvalue weighted by Gasteiger charge is -1.48. The van der Waals surface area contributed by atoms with E-state index in [0.29, 0.717) is 0 Å². The van der Waals surface area contributed by atoms with Crippen LogP contribution in [0, 0.1) is 0 Å². The Morgan fingerprint density at radius 3 is 2.00 bits per heavy atom. The predicted molar refractivity (Wildman–Crippen MR) is 23.1 cm³/mol. The Morgan fingerprint density at radius 1 is 1.75 bits per heavy atom. The SMILES string of the molecule is C/C=C\[PH]. The van der Waals surface area contributed by atoms with Gasteiger partial charge in [-0.1, -0.05) is 21.1 Å². The van der Waals surface area contributed by atoms with E-state index < -0.39 is 0 Å². The molecule has 0 amide bonds. The van der Waals surface area contributed by atoms with Gasteiger partial charge in [-0.25, -0.2) is 0 Å². The van der Waals surface area contributed by atoms with Crippen molar-refractivity contribution in [3.8, 4) is 0 Å². The molecule has 0 atom stereocenters. The molecule has 0 spiro atoms. The Morgan fingerprint density at radius 2 is 2.00 bits per heavy atom. The molecular weight excluding hydrogens is 67.0 g/mol. The summed E-state index contributed by atoms with van der Waals surface area (Å²) in [6, 6.07) is 0. The van der Waals surface area contributed by atoms with Crippen LogP contribution in [-0.2, 0) is 0 Å². The normalized spacial score (nSPS) is 9.50. The van der Waals surface area contributed by atoms with Gasteiger partial charge in [0.05, 0.1) is 0 Å². The Kier molecular flexibility index (Phi) is 3.30. The van der Waals surface area contributed by atoms with Crippen molar-refractivity contribution < 1.29 is 0 Å².